The fourth-order valence-electron chi connectivity index (χ4n) is 2.60. The Bertz CT molecular complexity index is 865. The Kier molecular flexibility index (Phi) is 4.84. The van der Waals surface area contributed by atoms with Crippen LogP contribution in [0.3, 0.4) is 0 Å². The highest BCUT2D eigenvalue weighted by atomic mass is 16.5. The van der Waals surface area contributed by atoms with Gasteiger partial charge >= 0.3 is 0 Å². The van der Waals surface area contributed by atoms with Gasteiger partial charge in [-0.1, -0.05) is 29.8 Å². The third-order valence-electron chi connectivity index (χ3n) is 4.15. The topological polar surface area (TPSA) is 56.1 Å². The molecule has 0 saturated carbocycles. The lowest BCUT2D eigenvalue weighted by Gasteiger charge is -2.07. The number of benzene rings is 2. The van der Waals surface area contributed by atoms with Crippen molar-refractivity contribution in [2.24, 2.45) is 0 Å². The van der Waals surface area contributed by atoms with E-state index >= 15 is 0 Å². The molecule has 1 heterocycles. The minimum Gasteiger partial charge on any atom is -0.497 e. The zero-order valence-electron chi connectivity index (χ0n) is 14.6. The predicted molar refractivity (Wildman–Crippen MR) is 97.2 cm³/mol. The van der Waals surface area contributed by atoms with Gasteiger partial charge in [-0.05, 0) is 43.7 Å². The molecule has 1 amide bonds. The summed E-state index contributed by atoms with van der Waals surface area (Å²) in [4.78, 5) is 12.5. The number of methoxy groups -OCH3 is 1. The maximum absolute atomic E-state index is 12.5. The van der Waals surface area contributed by atoms with Crippen molar-refractivity contribution in [3.8, 4) is 11.4 Å². The van der Waals surface area contributed by atoms with Crippen LogP contribution in [-0.4, -0.2) is 22.8 Å². The van der Waals surface area contributed by atoms with Crippen LogP contribution >= 0.6 is 0 Å². The summed E-state index contributed by atoms with van der Waals surface area (Å²) in [6, 6.07) is 15.7. The van der Waals surface area contributed by atoms with Crippen LogP contribution in [-0.2, 0) is 6.54 Å². The summed E-state index contributed by atoms with van der Waals surface area (Å²) in [7, 11) is 1.63. The number of amides is 1. The van der Waals surface area contributed by atoms with E-state index in [1.54, 1.807) is 18.0 Å². The summed E-state index contributed by atoms with van der Waals surface area (Å²) < 4.78 is 6.91. The first-order chi connectivity index (χ1) is 12.1. The molecule has 1 aromatic heterocycles. The molecule has 0 unspecified atom stereocenters. The molecule has 1 N–H and O–H groups in total. The number of hydrogen-bond donors (Lipinski definition) is 1. The number of rotatable bonds is 5. The second-order valence-electron chi connectivity index (χ2n) is 5.92. The van der Waals surface area contributed by atoms with E-state index in [0.29, 0.717) is 12.1 Å². The first kappa shape index (κ1) is 16.8. The van der Waals surface area contributed by atoms with E-state index in [0.717, 1.165) is 22.7 Å². The average Bonchev–Trinajstić information content (AvgIpc) is 3.02. The first-order valence-electron chi connectivity index (χ1n) is 8.11. The first-order valence-corrected chi connectivity index (χ1v) is 8.11. The Morgan fingerprint density at radius 3 is 2.40 bits per heavy atom. The molecule has 0 aliphatic carbocycles. The van der Waals surface area contributed by atoms with E-state index in [1.165, 1.54) is 5.56 Å². The molecular formula is C20H21N3O2. The van der Waals surface area contributed by atoms with Crippen molar-refractivity contribution in [3.05, 3.63) is 77.1 Å². The van der Waals surface area contributed by atoms with Gasteiger partial charge in [-0.2, -0.15) is 5.10 Å². The zero-order chi connectivity index (χ0) is 17.8. The molecule has 0 aliphatic heterocycles. The van der Waals surface area contributed by atoms with Gasteiger partial charge in [-0.15, -0.1) is 0 Å². The summed E-state index contributed by atoms with van der Waals surface area (Å²) in [6.45, 7) is 4.39. The van der Waals surface area contributed by atoms with E-state index in [9.17, 15) is 4.79 Å². The van der Waals surface area contributed by atoms with Crippen LogP contribution in [0.2, 0.25) is 0 Å². The lowest BCUT2D eigenvalue weighted by molar-refractivity contribution is 0.0950. The number of nitrogens with zero attached hydrogens (tertiary/aromatic N) is 2. The molecular weight excluding hydrogens is 314 g/mol. The van der Waals surface area contributed by atoms with Crippen LogP contribution in [0.4, 0.5) is 0 Å². The highest BCUT2D eigenvalue weighted by Crippen LogP contribution is 2.15. The fraction of sp³-hybridized carbons (Fsp3) is 0.200. The molecule has 5 nitrogen and oxygen atoms in total. The molecule has 0 fully saturated rings. The average molecular weight is 335 g/mol. The van der Waals surface area contributed by atoms with E-state index < -0.39 is 0 Å². The van der Waals surface area contributed by atoms with Crippen molar-refractivity contribution >= 4 is 5.91 Å². The van der Waals surface area contributed by atoms with E-state index in [2.05, 4.69) is 10.4 Å². The molecule has 0 atom stereocenters. The van der Waals surface area contributed by atoms with Gasteiger partial charge in [0.2, 0.25) is 0 Å². The maximum Gasteiger partial charge on any atom is 0.255 e. The second-order valence-corrected chi connectivity index (χ2v) is 5.92. The van der Waals surface area contributed by atoms with Crippen molar-refractivity contribution in [1.82, 2.24) is 15.1 Å². The summed E-state index contributed by atoms with van der Waals surface area (Å²) in [5.41, 5.74) is 4.53. The highest BCUT2D eigenvalue weighted by molar-refractivity contribution is 5.95. The molecule has 3 rings (SSSR count). The van der Waals surface area contributed by atoms with Crippen molar-refractivity contribution in [2.75, 3.05) is 7.11 Å². The van der Waals surface area contributed by atoms with Gasteiger partial charge in [-0.25, -0.2) is 4.68 Å². The third-order valence-corrected chi connectivity index (χ3v) is 4.15. The Morgan fingerprint density at radius 1 is 1.08 bits per heavy atom. The van der Waals surface area contributed by atoms with Crippen molar-refractivity contribution in [2.45, 2.75) is 20.4 Å². The van der Waals surface area contributed by atoms with Gasteiger partial charge in [0.1, 0.15) is 5.75 Å². The Balaban J connectivity index is 1.71. The second kappa shape index (κ2) is 7.21. The Morgan fingerprint density at radius 2 is 1.76 bits per heavy atom. The van der Waals surface area contributed by atoms with Crippen LogP contribution in [0.5, 0.6) is 5.75 Å². The number of nitrogens with one attached hydrogen (secondary N) is 1. The number of hydrogen-bond acceptors (Lipinski definition) is 3. The SMILES string of the molecule is COc1ccc(CNC(=O)c2cnn(-c3ccc(C)cc3)c2C)cc1. The maximum atomic E-state index is 12.5. The number of carbonyl (C=O) groups excluding carboxylic acids is 1. The van der Waals surface area contributed by atoms with Gasteiger partial charge in [-0.3, -0.25) is 4.79 Å². The number of carbonyl (C=O) groups is 1. The van der Waals surface area contributed by atoms with Gasteiger partial charge in [0, 0.05) is 6.54 Å². The van der Waals surface area contributed by atoms with E-state index in [-0.39, 0.29) is 5.91 Å². The minimum atomic E-state index is -0.133. The molecule has 0 aliphatic rings. The van der Waals surface area contributed by atoms with Gasteiger partial charge in [0.25, 0.3) is 5.91 Å². The van der Waals surface area contributed by atoms with Gasteiger partial charge in [0.05, 0.1) is 30.3 Å². The standard InChI is InChI=1S/C20H21N3O2/c1-14-4-8-17(9-5-14)23-15(2)19(13-22-23)20(24)21-12-16-6-10-18(25-3)11-7-16/h4-11,13H,12H2,1-3H3,(H,21,24). The van der Waals surface area contributed by atoms with E-state index in [4.69, 9.17) is 4.74 Å². The lowest BCUT2D eigenvalue weighted by Crippen LogP contribution is -2.23. The van der Waals surface area contributed by atoms with Crippen molar-refractivity contribution < 1.29 is 9.53 Å². The number of aromatic nitrogens is 2. The Hall–Kier alpha value is -3.08. The van der Waals surface area contributed by atoms with Crippen LogP contribution in [0.25, 0.3) is 5.69 Å². The summed E-state index contributed by atoms with van der Waals surface area (Å²) >= 11 is 0. The Labute approximate surface area is 147 Å². The van der Waals surface area contributed by atoms with Crippen LogP contribution < -0.4 is 10.1 Å². The largest absolute Gasteiger partial charge is 0.497 e. The van der Waals surface area contributed by atoms with Crippen LogP contribution in [0.15, 0.2) is 54.7 Å². The molecule has 25 heavy (non-hydrogen) atoms. The lowest BCUT2D eigenvalue weighted by atomic mass is 10.2. The molecule has 0 spiro atoms. The van der Waals surface area contributed by atoms with Crippen LogP contribution in [0, 0.1) is 13.8 Å². The molecule has 128 valence electrons. The summed E-state index contributed by atoms with van der Waals surface area (Å²) in [5.74, 6) is 0.664. The third kappa shape index (κ3) is 3.71. The van der Waals surface area contributed by atoms with Crippen molar-refractivity contribution in [3.63, 3.8) is 0 Å². The smallest absolute Gasteiger partial charge is 0.255 e. The highest BCUT2D eigenvalue weighted by Gasteiger charge is 2.14. The monoisotopic (exact) mass is 335 g/mol. The zero-order valence-corrected chi connectivity index (χ0v) is 14.6. The molecule has 0 radical (unpaired) electrons. The molecule has 5 heteroatoms. The van der Waals surface area contributed by atoms with Crippen molar-refractivity contribution in [1.29, 1.82) is 0 Å². The van der Waals surface area contributed by atoms with E-state index in [1.807, 2.05) is 62.4 Å². The molecule has 3 aromatic rings. The minimum absolute atomic E-state index is 0.133. The molecule has 2 aromatic carbocycles. The number of aryl methyl sites for hydroxylation is 1. The normalized spacial score (nSPS) is 10.5. The predicted octanol–water partition coefficient (Wildman–Crippen LogP) is 3.43. The summed E-state index contributed by atoms with van der Waals surface area (Å²) in [5, 5.41) is 7.29. The van der Waals surface area contributed by atoms with Gasteiger partial charge in [0.15, 0.2) is 0 Å². The molecule has 0 bridgehead atoms. The summed E-state index contributed by atoms with van der Waals surface area (Å²) in [6.07, 6.45) is 1.61. The van der Waals surface area contributed by atoms with Crippen LogP contribution in [0.1, 0.15) is 27.2 Å². The number of ether oxygens (including phenoxy) is 1. The fourth-order valence-corrected chi connectivity index (χ4v) is 2.60. The quantitative estimate of drug-likeness (QED) is 0.777. The van der Waals surface area contributed by atoms with Gasteiger partial charge < -0.3 is 10.1 Å². The molecule has 0 saturated heterocycles.